The third-order valence-electron chi connectivity index (χ3n) is 3.29. The van der Waals surface area contributed by atoms with Gasteiger partial charge >= 0.3 is 0 Å². The number of rotatable bonds is 0. The number of benzene rings is 1. The summed E-state index contributed by atoms with van der Waals surface area (Å²) in [6.07, 6.45) is -9.96. The number of carbonyl (C=O) groups excluding carboxylic acids is 1. The highest BCUT2D eigenvalue weighted by Crippen LogP contribution is 2.40. The van der Waals surface area contributed by atoms with Crippen molar-refractivity contribution in [3.05, 3.63) is 62.8 Å². The minimum atomic E-state index is -3.69. The van der Waals surface area contributed by atoms with Gasteiger partial charge in [-0.1, -0.05) is 29.8 Å². The summed E-state index contributed by atoms with van der Waals surface area (Å²) < 4.78 is 125. The molecule has 1 aliphatic heterocycles. The summed E-state index contributed by atoms with van der Waals surface area (Å²) in [5.74, 6) is -1.19. The molecule has 1 fully saturated rings. The molecule has 0 amide bonds. The van der Waals surface area contributed by atoms with Gasteiger partial charge in [-0.05, 0) is 47.8 Å². The van der Waals surface area contributed by atoms with Crippen LogP contribution in [-0.4, -0.2) is 30.7 Å². The Morgan fingerprint density at radius 2 is 2.09 bits per heavy atom. The lowest BCUT2D eigenvalue weighted by Gasteiger charge is -2.27. The number of nitrogens with zero attached hydrogens (tertiary/aromatic N) is 1. The second-order valence-electron chi connectivity index (χ2n) is 4.59. The number of fused-ring (bicyclic) bond motifs is 2. The quantitative estimate of drug-likeness (QED) is 0.729. The molecule has 22 heavy (non-hydrogen) atoms. The van der Waals surface area contributed by atoms with Crippen molar-refractivity contribution in [2.24, 2.45) is 0 Å². The van der Waals surface area contributed by atoms with Crippen molar-refractivity contribution in [3.63, 3.8) is 0 Å². The van der Waals surface area contributed by atoms with Crippen molar-refractivity contribution >= 4 is 22.7 Å². The Balaban J connectivity index is 2.32. The highest BCUT2D eigenvalue weighted by atomic mass is 32.1. The maximum atomic E-state index is 13.3. The summed E-state index contributed by atoms with van der Waals surface area (Å²) in [7, 11) is 0. The second kappa shape index (κ2) is 5.49. The SMILES string of the molecule is [2H]c1sc2c(c1[2H])C(=C1C([2H])([2H])C([2H])([2H])N(C([2H])([2H])[2H])C([2H])([2H])C1([2H])[2H])c1ccccc1C([2H])([2H])C2=O. The van der Waals surface area contributed by atoms with E-state index in [2.05, 4.69) is 0 Å². The van der Waals surface area contributed by atoms with Gasteiger partial charge in [0.1, 0.15) is 0 Å². The van der Waals surface area contributed by atoms with Gasteiger partial charge in [0.25, 0.3) is 0 Å². The van der Waals surface area contributed by atoms with Gasteiger partial charge in [-0.2, -0.15) is 0 Å². The fourth-order valence-corrected chi connectivity index (χ4v) is 3.02. The lowest BCUT2D eigenvalue weighted by molar-refractivity contribution is 0.0997. The Morgan fingerprint density at radius 3 is 2.91 bits per heavy atom. The number of ketones is 1. The van der Waals surface area contributed by atoms with Crippen molar-refractivity contribution in [1.29, 1.82) is 0 Å². The molecule has 3 heteroatoms. The molecule has 1 aliphatic carbocycles. The summed E-state index contributed by atoms with van der Waals surface area (Å²) in [5, 5.41) is -0.529. The van der Waals surface area contributed by atoms with Crippen LogP contribution in [-0.2, 0) is 6.37 Å². The van der Waals surface area contributed by atoms with Gasteiger partial charge in [-0.3, -0.25) is 4.79 Å². The number of hydrogen-bond acceptors (Lipinski definition) is 3. The Morgan fingerprint density at radius 1 is 1.27 bits per heavy atom. The van der Waals surface area contributed by atoms with Crippen LogP contribution < -0.4 is 0 Å². The molecule has 0 N–H and O–H groups in total. The first-order valence-electron chi connectivity index (χ1n) is 13.9. The van der Waals surface area contributed by atoms with Crippen LogP contribution >= 0.6 is 11.3 Å². The normalized spacial score (nSPS) is 40.9. The molecule has 2 heterocycles. The summed E-state index contributed by atoms with van der Waals surface area (Å²) >= 11 is 0.406. The van der Waals surface area contributed by atoms with Crippen LogP contribution in [0.1, 0.15) is 59.7 Å². The summed E-state index contributed by atoms with van der Waals surface area (Å²) in [5.41, 5.74) is -3.09. The lowest BCUT2D eigenvalue weighted by Crippen LogP contribution is -2.27. The van der Waals surface area contributed by atoms with E-state index in [0.29, 0.717) is 11.3 Å². The first kappa shape index (κ1) is 5.15. The van der Waals surface area contributed by atoms with Gasteiger partial charge in [0.15, 0.2) is 5.78 Å². The largest absolute Gasteiger partial charge is 0.306 e. The van der Waals surface area contributed by atoms with Gasteiger partial charge < -0.3 is 4.90 Å². The van der Waals surface area contributed by atoms with E-state index in [-0.39, 0.29) is 11.1 Å². The molecule has 0 spiro atoms. The maximum absolute atomic E-state index is 13.3. The molecule has 0 unspecified atom stereocenters. The van der Waals surface area contributed by atoms with Gasteiger partial charge in [0, 0.05) is 42.7 Å². The number of likely N-dealkylation sites (tertiary alicyclic amines) is 1. The number of hydrogen-bond donors (Lipinski definition) is 0. The molecule has 0 radical (unpaired) electrons. The van der Waals surface area contributed by atoms with Crippen LogP contribution in [0, 0.1) is 0 Å². The number of thiophene rings is 1. The van der Waals surface area contributed by atoms with E-state index < -0.39 is 82.8 Å². The fraction of sp³-hybridized carbons (Fsp3) is 0.316. The third kappa shape index (κ3) is 2.25. The minimum Gasteiger partial charge on any atom is -0.306 e. The predicted octanol–water partition coefficient (Wildman–Crippen LogP) is 4.01. The van der Waals surface area contributed by atoms with E-state index in [0.717, 1.165) is 0 Å². The van der Waals surface area contributed by atoms with E-state index in [4.69, 9.17) is 20.6 Å². The van der Waals surface area contributed by atoms with Crippen LogP contribution in [0.5, 0.6) is 0 Å². The predicted molar refractivity (Wildman–Crippen MR) is 91.5 cm³/mol. The van der Waals surface area contributed by atoms with E-state index in [1.165, 1.54) is 24.3 Å². The minimum absolute atomic E-state index is 0.303. The van der Waals surface area contributed by atoms with Crippen molar-refractivity contribution in [2.75, 3.05) is 20.0 Å². The van der Waals surface area contributed by atoms with Gasteiger partial charge in [0.05, 0.1) is 7.62 Å². The molecule has 2 aliphatic rings. The second-order valence-corrected chi connectivity index (χ2v) is 5.41. The Kier molecular flexibility index (Phi) is 1.28. The van der Waals surface area contributed by atoms with Crippen LogP contribution in [0.4, 0.5) is 0 Å². The average Bonchev–Trinajstić information content (AvgIpc) is 2.99. The van der Waals surface area contributed by atoms with E-state index in [1.54, 1.807) is 0 Å². The zero-order valence-electron chi connectivity index (χ0n) is 26.1. The number of carbonyl (C=O) groups is 1. The smallest absolute Gasteiger partial charge is 0.177 e. The monoisotopic (exact) mass is 324 g/mol. The molecular weight excluding hydrogens is 290 g/mol. The fourth-order valence-electron chi connectivity index (χ4n) is 2.36. The number of Topliss-reactive ketones (excluding diaryl/α,β-unsaturated/α-hetero) is 1. The zero-order chi connectivity index (χ0) is 28.3. The maximum Gasteiger partial charge on any atom is 0.177 e. The molecule has 112 valence electrons. The first-order valence-corrected chi connectivity index (χ1v) is 7.18. The standard InChI is InChI=1S/C19H19NOS/c1-20-9-6-13(7-10-20)18-15-5-3-2-4-14(15)12-17(21)19-16(18)8-11-22-19/h2-5,8,11H,6-7,9-10,12H2,1H3/i1D3,6D2,7D2,8D,9D2,10D2,11D,12D2. The van der Waals surface area contributed by atoms with Gasteiger partial charge in [0.2, 0.25) is 0 Å². The van der Waals surface area contributed by atoms with E-state index in [1.807, 2.05) is 0 Å². The van der Waals surface area contributed by atoms with Crippen LogP contribution in [0.25, 0.3) is 5.57 Å². The van der Waals surface area contributed by atoms with Gasteiger partial charge in [-0.25, -0.2) is 0 Å². The first-order chi connectivity index (χ1) is 16.6. The summed E-state index contributed by atoms with van der Waals surface area (Å²) in [6, 6.07) is 4.42. The molecule has 1 aromatic carbocycles. The van der Waals surface area contributed by atoms with Crippen LogP contribution in [0.3, 0.4) is 0 Å². The van der Waals surface area contributed by atoms with Gasteiger partial charge in [-0.15, -0.1) is 11.3 Å². The highest BCUT2D eigenvalue weighted by molar-refractivity contribution is 7.12. The Bertz CT molecular complexity index is 1320. The Labute approximate surface area is 156 Å². The molecule has 2 nitrogen and oxygen atoms in total. The molecule has 1 aromatic heterocycles. The van der Waals surface area contributed by atoms with Crippen molar-refractivity contribution in [1.82, 2.24) is 4.90 Å². The van der Waals surface area contributed by atoms with Crippen molar-refractivity contribution < 1.29 is 25.4 Å². The Hall–Kier alpha value is -1.71. The molecule has 1 saturated heterocycles. The molecule has 2 aromatic rings. The van der Waals surface area contributed by atoms with Crippen LogP contribution in [0.15, 0.2) is 41.2 Å². The number of piperidine rings is 1. The van der Waals surface area contributed by atoms with Crippen molar-refractivity contribution in [2.45, 2.75) is 19.1 Å². The summed E-state index contributed by atoms with van der Waals surface area (Å²) in [6.45, 7) is -11.0. The third-order valence-corrected chi connectivity index (χ3v) is 4.09. The van der Waals surface area contributed by atoms with E-state index in [9.17, 15) is 4.79 Å². The van der Waals surface area contributed by atoms with Crippen LogP contribution in [0.2, 0.25) is 0 Å². The van der Waals surface area contributed by atoms with E-state index >= 15 is 0 Å². The molecular formula is C19H19NOS. The van der Waals surface area contributed by atoms with Crippen molar-refractivity contribution in [3.8, 4) is 0 Å². The molecule has 4 rings (SSSR count). The lowest BCUT2D eigenvalue weighted by atomic mass is 9.88. The molecule has 0 atom stereocenters. The highest BCUT2D eigenvalue weighted by Gasteiger charge is 2.27. The summed E-state index contributed by atoms with van der Waals surface area (Å²) in [4.78, 5) is 12.3. The molecule has 0 bridgehead atoms. The topological polar surface area (TPSA) is 20.3 Å². The average molecular weight is 325 g/mol. The zero-order valence-corrected chi connectivity index (χ0v) is 11.9. The molecule has 0 saturated carbocycles.